The fourth-order valence-electron chi connectivity index (χ4n) is 2.30. The average Bonchev–Trinajstić information content (AvgIpc) is 2.64. The van der Waals surface area contributed by atoms with E-state index in [9.17, 15) is 14.4 Å². The van der Waals surface area contributed by atoms with Gasteiger partial charge in [0.2, 0.25) is 5.91 Å². The van der Waals surface area contributed by atoms with Crippen LogP contribution in [0.1, 0.15) is 31.4 Å². The summed E-state index contributed by atoms with van der Waals surface area (Å²) in [4.78, 5) is 35.3. The molecule has 0 spiro atoms. The van der Waals surface area contributed by atoms with Gasteiger partial charge in [0.15, 0.2) is 0 Å². The van der Waals surface area contributed by atoms with E-state index in [-0.39, 0.29) is 31.2 Å². The van der Waals surface area contributed by atoms with Gasteiger partial charge in [-0.1, -0.05) is 38.1 Å². The highest BCUT2D eigenvalue weighted by atomic mass is 16.5. The number of nitrogens with one attached hydrogen (secondary N) is 2. The molecule has 0 saturated carbocycles. The molecule has 1 rings (SSSR count). The van der Waals surface area contributed by atoms with Crippen LogP contribution in [0.25, 0.3) is 0 Å². The maximum Gasteiger partial charge on any atom is 0.407 e. The molecular formula is C19H29N3O5. The molecule has 1 unspecified atom stereocenters. The van der Waals surface area contributed by atoms with Crippen LogP contribution >= 0.6 is 0 Å². The topological polar surface area (TPSA) is 120 Å². The summed E-state index contributed by atoms with van der Waals surface area (Å²) in [5.41, 5.74) is 7.04. The number of carbonyl (C=O) groups is 3. The lowest BCUT2D eigenvalue weighted by Gasteiger charge is -2.17. The van der Waals surface area contributed by atoms with Gasteiger partial charge in [0.05, 0.1) is 13.7 Å². The van der Waals surface area contributed by atoms with Gasteiger partial charge in [0, 0.05) is 25.9 Å². The Balaban J connectivity index is 2.68. The lowest BCUT2D eigenvalue weighted by molar-refractivity contribution is -0.145. The Morgan fingerprint density at radius 1 is 1.19 bits per heavy atom. The van der Waals surface area contributed by atoms with Crippen LogP contribution in [0, 0.1) is 5.92 Å². The van der Waals surface area contributed by atoms with E-state index in [1.807, 2.05) is 38.1 Å². The molecule has 0 aliphatic carbocycles. The van der Waals surface area contributed by atoms with Crippen molar-refractivity contribution in [2.24, 2.45) is 11.7 Å². The van der Waals surface area contributed by atoms with Gasteiger partial charge >= 0.3 is 12.1 Å². The van der Waals surface area contributed by atoms with E-state index in [0.717, 1.165) is 11.1 Å². The largest absolute Gasteiger partial charge is 0.467 e. The molecule has 27 heavy (non-hydrogen) atoms. The third-order valence-corrected chi connectivity index (χ3v) is 3.61. The van der Waals surface area contributed by atoms with Gasteiger partial charge in [-0.3, -0.25) is 4.79 Å². The SMILES string of the molecule is COC(=O)C(Cc1cccc(CNC(=O)OCC(C)C)c1)NC(=O)CCN. The van der Waals surface area contributed by atoms with Gasteiger partial charge < -0.3 is 25.8 Å². The zero-order valence-corrected chi connectivity index (χ0v) is 16.1. The monoisotopic (exact) mass is 379 g/mol. The molecule has 4 N–H and O–H groups in total. The van der Waals surface area contributed by atoms with E-state index >= 15 is 0 Å². The minimum Gasteiger partial charge on any atom is -0.467 e. The summed E-state index contributed by atoms with van der Waals surface area (Å²) in [5.74, 6) is -0.566. The van der Waals surface area contributed by atoms with E-state index < -0.39 is 18.1 Å². The van der Waals surface area contributed by atoms with Gasteiger partial charge in [-0.25, -0.2) is 9.59 Å². The summed E-state index contributed by atoms with van der Waals surface area (Å²) in [6.45, 7) is 4.78. The normalized spacial score (nSPS) is 11.6. The standard InChI is InChI=1S/C19H29N3O5/c1-13(2)12-27-19(25)21-11-15-6-4-5-14(9-15)10-16(18(24)26-3)22-17(23)7-8-20/h4-6,9,13,16H,7-8,10-12,20H2,1-3H3,(H,21,25)(H,22,23). The van der Waals surface area contributed by atoms with Gasteiger partial charge in [-0.05, 0) is 17.0 Å². The van der Waals surface area contributed by atoms with Gasteiger partial charge in [0.25, 0.3) is 0 Å². The predicted molar refractivity (Wildman–Crippen MR) is 101 cm³/mol. The van der Waals surface area contributed by atoms with Crippen molar-refractivity contribution in [1.29, 1.82) is 0 Å². The zero-order chi connectivity index (χ0) is 20.2. The number of hydrogen-bond donors (Lipinski definition) is 3. The molecule has 0 saturated heterocycles. The minimum absolute atomic E-state index is 0.135. The Hall–Kier alpha value is -2.61. The van der Waals surface area contributed by atoms with E-state index in [2.05, 4.69) is 10.6 Å². The number of amides is 2. The first-order valence-corrected chi connectivity index (χ1v) is 8.91. The molecule has 1 aromatic carbocycles. The molecule has 0 aliphatic heterocycles. The second-order valence-electron chi connectivity index (χ2n) is 6.55. The smallest absolute Gasteiger partial charge is 0.407 e. The van der Waals surface area contributed by atoms with Crippen LogP contribution in [0.3, 0.4) is 0 Å². The maximum atomic E-state index is 11.9. The third kappa shape index (κ3) is 9.05. The highest BCUT2D eigenvalue weighted by Gasteiger charge is 2.21. The first-order valence-electron chi connectivity index (χ1n) is 8.91. The van der Waals surface area contributed by atoms with Gasteiger partial charge in [-0.15, -0.1) is 0 Å². The summed E-state index contributed by atoms with van der Waals surface area (Å²) in [5, 5.41) is 5.31. The predicted octanol–water partition coefficient (Wildman–Crippen LogP) is 1.12. The number of nitrogens with two attached hydrogens (primary N) is 1. The van der Waals surface area contributed by atoms with Crippen LogP contribution in [-0.4, -0.2) is 44.3 Å². The second-order valence-corrected chi connectivity index (χ2v) is 6.55. The van der Waals surface area contributed by atoms with Crippen molar-refractivity contribution in [3.63, 3.8) is 0 Å². The Labute approximate surface area is 159 Å². The first kappa shape index (κ1) is 22.4. The minimum atomic E-state index is -0.798. The fourth-order valence-corrected chi connectivity index (χ4v) is 2.30. The lowest BCUT2D eigenvalue weighted by Crippen LogP contribution is -2.43. The Kier molecular flexibility index (Phi) is 9.89. The molecule has 0 heterocycles. The average molecular weight is 379 g/mol. The molecule has 8 nitrogen and oxygen atoms in total. The highest BCUT2D eigenvalue weighted by molar-refractivity contribution is 5.84. The number of benzene rings is 1. The third-order valence-electron chi connectivity index (χ3n) is 3.61. The van der Waals surface area contributed by atoms with Crippen LogP contribution in [0.5, 0.6) is 0 Å². The second kappa shape index (κ2) is 11.9. The van der Waals surface area contributed by atoms with Crippen LogP contribution in [0.2, 0.25) is 0 Å². The van der Waals surface area contributed by atoms with Crippen LogP contribution < -0.4 is 16.4 Å². The molecule has 0 aromatic heterocycles. The first-order chi connectivity index (χ1) is 12.8. The molecule has 1 aromatic rings. The summed E-state index contributed by atoms with van der Waals surface area (Å²) in [6, 6.07) is 6.57. The van der Waals surface area contributed by atoms with Gasteiger partial charge in [-0.2, -0.15) is 0 Å². The molecular weight excluding hydrogens is 350 g/mol. The van der Waals surface area contributed by atoms with Crippen LogP contribution in [-0.2, 0) is 32.0 Å². The van der Waals surface area contributed by atoms with Crippen molar-refractivity contribution in [3.05, 3.63) is 35.4 Å². The Bertz CT molecular complexity index is 634. The Morgan fingerprint density at radius 3 is 2.52 bits per heavy atom. The van der Waals surface area contributed by atoms with Gasteiger partial charge in [0.1, 0.15) is 6.04 Å². The van der Waals surface area contributed by atoms with Crippen molar-refractivity contribution >= 4 is 18.0 Å². The molecule has 0 radical (unpaired) electrons. The molecule has 0 fully saturated rings. The number of methoxy groups -OCH3 is 1. The van der Waals surface area contributed by atoms with Crippen molar-refractivity contribution in [1.82, 2.24) is 10.6 Å². The zero-order valence-electron chi connectivity index (χ0n) is 16.1. The molecule has 0 bridgehead atoms. The summed E-state index contributed by atoms with van der Waals surface area (Å²) in [7, 11) is 1.27. The van der Waals surface area contributed by atoms with Crippen molar-refractivity contribution in [3.8, 4) is 0 Å². The fraction of sp³-hybridized carbons (Fsp3) is 0.526. The van der Waals surface area contributed by atoms with Crippen molar-refractivity contribution in [2.75, 3.05) is 20.3 Å². The number of esters is 1. The number of hydrogen-bond acceptors (Lipinski definition) is 6. The summed E-state index contributed by atoms with van der Waals surface area (Å²) in [6.07, 6.45) is -0.0690. The van der Waals surface area contributed by atoms with Crippen LogP contribution in [0.15, 0.2) is 24.3 Å². The molecule has 150 valence electrons. The highest BCUT2D eigenvalue weighted by Crippen LogP contribution is 2.09. The quantitative estimate of drug-likeness (QED) is 0.524. The Morgan fingerprint density at radius 2 is 1.89 bits per heavy atom. The molecule has 1 atom stereocenters. The summed E-state index contributed by atoms with van der Waals surface area (Å²) >= 11 is 0. The number of ether oxygens (including phenoxy) is 2. The molecule has 8 heteroatoms. The van der Waals surface area contributed by atoms with Crippen molar-refractivity contribution in [2.45, 2.75) is 39.3 Å². The van der Waals surface area contributed by atoms with Crippen LogP contribution in [0.4, 0.5) is 4.79 Å². The van der Waals surface area contributed by atoms with E-state index in [1.54, 1.807) is 0 Å². The number of alkyl carbamates (subject to hydrolysis) is 1. The van der Waals surface area contributed by atoms with Crippen molar-refractivity contribution < 1.29 is 23.9 Å². The lowest BCUT2D eigenvalue weighted by atomic mass is 10.0. The molecule has 2 amide bonds. The number of carbonyl (C=O) groups excluding carboxylic acids is 3. The maximum absolute atomic E-state index is 11.9. The van der Waals surface area contributed by atoms with E-state index in [0.29, 0.717) is 13.2 Å². The van der Waals surface area contributed by atoms with E-state index in [1.165, 1.54) is 7.11 Å². The molecule has 0 aliphatic rings. The number of rotatable bonds is 10. The van der Waals surface area contributed by atoms with E-state index in [4.69, 9.17) is 15.2 Å². The summed E-state index contributed by atoms with van der Waals surface area (Å²) < 4.78 is 9.82.